The topological polar surface area (TPSA) is 67.4 Å². The van der Waals surface area contributed by atoms with Gasteiger partial charge in [-0.2, -0.15) is 0 Å². The van der Waals surface area contributed by atoms with Gasteiger partial charge in [0.2, 0.25) is 0 Å². The number of carbonyl (C=O) groups excluding carboxylic acids is 2. The number of amides is 1. The lowest BCUT2D eigenvalue weighted by molar-refractivity contribution is -0.120. The fourth-order valence-electron chi connectivity index (χ4n) is 3.51. The van der Waals surface area contributed by atoms with Crippen LogP contribution in [-0.4, -0.2) is 31.1 Å². The van der Waals surface area contributed by atoms with Crippen molar-refractivity contribution in [2.75, 3.05) is 13.2 Å². The van der Waals surface area contributed by atoms with Crippen LogP contribution in [0.5, 0.6) is 0 Å². The average Bonchev–Trinajstić information content (AvgIpc) is 3.00. The molecule has 28 heavy (non-hydrogen) atoms. The average molecular weight is 378 g/mol. The Morgan fingerprint density at radius 2 is 1.64 bits per heavy atom. The van der Waals surface area contributed by atoms with E-state index in [1.54, 1.807) is 6.92 Å². The highest BCUT2D eigenvalue weighted by Crippen LogP contribution is 2.44. The number of Topliss-reactive ketones (excluding diaryl/α,β-unsaturated/α-hetero) is 1. The summed E-state index contributed by atoms with van der Waals surface area (Å²) in [4.78, 5) is 24.3. The summed E-state index contributed by atoms with van der Waals surface area (Å²) in [6, 6.07) is 15.8. The molecule has 1 aliphatic rings. The maximum absolute atomic E-state index is 12.2. The van der Waals surface area contributed by atoms with E-state index in [1.807, 2.05) is 31.2 Å². The highest BCUT2D eigenvalue weighted by atomic mass is 16.5. The molecule has 0 fully saturated rings. The molecule has 3 rings (SSSR count). The van der Waals surface area contributed by atoms with Gasteiger partial charge in [-0.1, -0.05) is 55.1 Å². The Bertz CT molecular complexity index is 845. The van der Waals surface area contributed by atoms with E-state index in [9.17, 15) is 9.59 Å². The number of alkyl carbamates (subject to hydrolysis) is 1. The van der Waals surface area contributed by atoms with Gasteiger partial charge in [0, 0.05) is 24.6 Å². The van der Waals surface area contributed by atoms with E-state index in [-0.39, 0.29) is 18.3 Å². The number of ether oxygens (including phenoxy) is 1. The molecular formula is C23H26N2O3. The first kappa shape index (κ1) is 19.7. The summed E-state index contributed by atoms with van der Waals surface area (Å²) in [5.41, 5.74) is 5.49. The second-order valence-corrected chi connectivity index (χ2v) is 7.11. The SMILES string of the molecule is C=C(C)NCCC(=O)C(C)NC(=O)OCC1c2ccccc2-c2ccccc21. The van der Waals surface area contributed by atoms with Crippen molar-refractivity contribution >= 4 is 11.9 Å². The molecule has 0 bridgehead atoms. The van der Waals surface area contributed by atoms with Crippen LogP contribution >= 0.6 is 0 Å². The van der Waals surface area contributed by atoms with Crippen LogP contribution in [0, 0.1) is 0 Å². The predicted octanol–water partition coefficient (Wildman–Crippen LogP) is 4.00. The molecule has 2 N–H and O–H groups in total. The van der Waals surface area contributed by atoms with Gasteiger partial charge in [0.25, 0.3) is 0 Å². The first-order chi connectivity index (χ1) is 13.5. The number of nitrogens with one attached hydrogen (secondary N) is 2. The minimum atomic E-state index is -0.595. The maximum atomic E-state index is 12.2. The molecule has 1 amide bonds. The Morgan fingerprint density at radius 3 is 2.21 bits per heavy atom. The van der Waals surface area contributed by atoms with Crippen molar-refractivity contribution in [2.45, 2.75) is 32.2 Å². The van der Waals surface area contributed by atoms with Gasteiger partial charge in [0.15, 0.2) is 5.78 Å². The van der Waals surface area contributed by atoms with E-state index in [2.05, 4.69) is 41.5 Å². The van der Waals surface area contributed by atoms with Crippen molar-refractivity contribution in [2.24, 2.45) is 0 Å². The molecule has 1 aliphatic carbocycles. The minimum absolute atomic E-state index is 0.00363. The van der Waals surface area contributed by atoms with Crippen molar-refractivity contribution in [3.63, 3.8) is 0 Å². The zero-order valence-corrected chi connectivity index (χ0v) is 16.3. The summed E-state index contributed by atoms with van der Waals surface area (Å²) in [5.74, 6) is -0.0498. The van der Waals surface area contributed by atoms with E-state index < -0.39 is 12.1 Å². The second kappa shape index (κ2) is 8.74. The molecule has 5 nitrogen and oxygen atoms in total. The molecule has 0 spiro atoms. The molecule has 0 saturated carbocycles. The highest BCUT2D eigenvalue weighted by molar-refractivity contribution is 5.87. The maximum Gasteiger partial charge on any atom is 0.407 e. The van der Waals surface area contributed by atoms with Gasteiger partial charge in [-0.25, -0.2) is 4.79 Å². The molecule has 0 heterocycles. The van der Waals surface area contributed by atoms with E-state index in [0.29, 0.717) is 13.0 Å². The quantitative estimate of drug-likeness (QED) is 0.729. The summed E-state index contributed by atoms with van der Waals surface area (Å²) in [6.45, 7) is 7.97. The zero-order valence-electron chi connectivity index (χ0n) is 16.3. The second-order valence-electron chi connectivity index (χ2n) is 7.11. The lowest BCUT2D eigenvalue weighted by atomic mass is 9.98. The number of carbonyl (C=O) groups is 2. The molecule has 0 saturated heterocycles. The Labute approximate surface area is 165 Å². The number of ketones is 1. The first-order valence-corrected chi connectivity index (χ1v) is 9.51. The summed E-state index contributed by atoms with van der Waals surface area (Å²) >= 11 is 0. The largest absolute Gasteiger partial charge is 0.449 e. The standard InChI is InChI=1S/C23H26N2O3/c1-15(2)24-13-12-22(26)16(3)25-23(27)28-14-21-19-10-6-4-8-17(19)18-9-5-7-11-20(18)21/h4-11,16,21,24H,1,12-14H2,2-3H3,(H,25,27). The van der Waals surface area contributed by atoms with Crippen LogP contribution in [0.1, 0.15) is 37.3 Å². The zero-order chi connectivity index (χ0) is 20.1. The molecule has 2 aromatic carbocycles. The monoisotopic (exact) mass is 378 g/mol. The fourth-order valence-corrected chi connectivity index (χ4v) is 3.51. The number of hydrogen-bond donors (Lipinski definition) is 2. The highest BCUT2D eigenvalue weighted by Gasteiger charge is 2.29. The number of rotatable bonds is 8. The van der Waals surface area contributed by atoms with Crippen molar-refractivity contribution in [1.82, 2.24) is 10.6 Å². The summed E-state index contributed by atoms with van der Waals surface area (Å²) in [6.07, 6.45) is -0.256. The molecule has 1 atom stereocenters. The van der Waals surface area contributed by atoms with Crippen LogP contribution in [0.3, 0.4) is 0 Å². The fraction of sp³-hybridized carbons (Fsp3) is 0.304. The smallest absolute Gasteiger partial charge is 0.407 e. The van der Waals surface area contributed by atoms with Crippen LogP contribution in [-0.2, 0) is 9.53 Å². The third kappa shape index (κ3) is 4.42. The summed E-state index contributed by atoms with van der Waals surface area (Å²) in [5, 5.41) is 5.64. The third-order valence-electron chi connectivity index (χ3n) is 4.96. The molecular weight excluding hydrogens is 352 g/mol. The number of benzene rings is 2. The molecule has 0 aromatic heterocycles. The van der Waals surface area contributed by atoms with Gasteiger partial charge in [0.05, 0.1) is 6.04 Å². The number of hydrogen-bond acceptors (Lipinski definition) is 4. The van der Waals surface area contributed by atoms with Crippen molar-refractivity contribution in [3.8, 4) is 11.1 Å². The lowest BCUT2D eigenvalue weighted by Crippen LogP contribution is -2.40. The van der Waals surface area contributed by atoms with Gasteiger partial charge in [0.1, 0.15) is 6.61 Å². The molecule has 5 heteroatoms. The van der Waals surface area contributed by atoms with Crippen LogP contribution in [0.15, 0.2) is 60.8 Å². The van der Waals surface area contributed by atoms with Gasteiger partial charge >= 0.3 is 6.09 Å². The van der Waals surface area contributed by atoms with Crippen molar-refractivity contribution < 1.29 is 14.3 Å². The van der Waals surface area contributed by atoms with Gasteiger partial charge in [-0.05, 0) is 36.1 Å². The van der Waals surface area contributed by atoms with Crippen molar-refractivity contribution in [3.05, 3.63) is 71.9 Å². The van der Waals surface area contributed by atoms with Gasteiger partial charge in [-0.3, -0.25) is 4.79 Å². The Morgan fingerprint density at radius 1 is 1.07 bits per heavy atom. The number of allylic oxidation sites excluding steroid dienone is 1. The first-order valence-electron chi connectivity index (χ1n) is 9.51. The lowest BCUT2D eigenvalue weighted by Gasteiger charge is -2.17. The molecule has 2 aromatic rings. The van der Waals surface area contributed by atoms with Gasteiger partial charge in [-0.15, -0.1) is 0 Å². The summed E-state index contributed by atoms with van der Waals surface area (Å²) < 4.78 is 5.47. The van der Waals surface area contributed by atoms with Gasteiger partial charge < -0.3 is 15.4 Å². The Hall–Kier alpha value is -3.08. The van der Waals surface area contributed by atoms with Crippen molar-refractivity contribution in [1.29, 1.82) is 0 Å². The van der Waals surface area contributed by atoms with Crippen LogP contribution in [0.25, 0.3) is 11.1 Å². The Kier molecular flexibility index (Phi) is 6.14. The minimum Gasteiger partial charge on any atom is -0.449 e. The normalized spacial score (nSPS) is 13.2. The van der Waals surface area contributed by atoms with E-state index in [1.165, 1.54) is 11.1 Å². The Balaban J connectivity index is 1.56. The van der Waals surface area contributed by atoms with Crippen LogP contribution in [0.4, 0.5) is 4.79 Å². The summed E-state index contributed by atoms with van der Waals surface area (Å²) in [7, 11) is 0. The van der Waals surface area contributed by atoms with E-state index in [0.717, 1.165) is 16.8 Å². The predicted molar refractivity (Wildman–Crippen MR) is 110 cm³/mol. The van der Waals surface area contributed by atoms with Crippen LogP contribution < -0.4 is 10.6 Å². The molecule has 0 aliphatic heterocycles. The third-order valence-corrected chi connectivity index (χ3v) is 4.96. The molecule has 0 radical (unpaired) electrons. The molecule has 146 valence electrons. The van der Waals surface area contributed by atoms with Crippen LogP contribution in [0.2, 0.25) is 0 Å². The molecule has 1 unspecified atom stereocenters. The number of fused-ring (bicyclic) bond motifs is 3. The van der Waals surface area contributed by atoms with E-state index >= 15 is 0 Å². The van der Waals surface area contributed by atoms with E-state index in [4.69, 9.17) is 4.74 Å².